The molecule has 110 valence electrons. The largest absolute Gasteiger partial charge is 0.475 e. The Morgan fingerprint density at radius 2 is 2.05 bits per heavy atom. The molecule has 0 unspecified atom stereocenters. The summed E-state index contributed by atoms with van der Waals surface area (Å²) in [7, 11) is 4.07. The molecule has 5 nitrogen and oxygen atoms in total. The summed E-state index contributed by atoms with van der Waals surface area (Å²) < 4.78 is 5.92. The first-order chi connectivity index (χ1) is 9.33. The van der Waals surface area contributed by atoms with Crippen molar-refractivity contribution in [2.45, 2.75) is 32.7 Å². The Balaban J connectivity index is 2.31. The number of rotatable bonds is 5. The van der Waals surface area contributed by atoms with Crippen molar-refractivity contribution in [1.82, 2.24) is 14.9 Å². The van der Waals surface area contributed by atoms with Crippen LogP contribution in [0.3, 0.4) is 0 Å². The van der Waals surface area contributed by atoms with E-state index in [1.165, 1.54) is 4.88 Å². The zero-order chi connectivity index (χ0) is 14.9. The van der Waals surface area contributed by atoms with E-state index in [1.807, 2.05) is 14.1 Å². The highest BCUT2D eigenvalue weighted by atomic mass is 32.1. The van der Waals surface area contributed by atoms with Crippen LogP contribution in [-0.2, 0) is 6.42 Å². The summed E-state index contributed by atoms with van der Waals surface area (Å²) >= 11 is 1.64. The second-order valence-corrected chi connectivity index (χ2v) is 6.78. The van der Waals surface area contributed by atoms with Gasteiger partial charge < -0.3 is 15.4 Å². The van der Waals surface area contributed by atoms with Gasteiger partial charge in [-0.3, -0.25) is 0 Å². The second kappa shape index (κ2) is 5.54. The Labute approximate surface area is 123 Å². The lowest BCUT2D eigenvalue weighted by Gasteiger charge is -2.31. The molecule has 0 amide bonds. The van der Waals surface area contributed by atoms with Gasteiger partial charge in [0.05, 0.1) is 5.39 Å². The van der Waals surface area contributed by atoms with E-state index in [1.54, 1.807) is 11.3 Å². The summed E-state index contributed by atoms with van der Waals surface area (Å²) in [4.78, 5) is 12.8. The fourth-order valence-corrected chi connectivity index (χ4v) is 2.58. The van der Waals surface area contributed by atoms with Gasteiger partial charge in [-0.05, 0) is 40.4 Å². The van der Waals surface area contributed by atoms with Crippen molar-refractivity contribution >= 4 is 27.5 Å². The number of hydrogen-bond acceptors (Lipinski definition) is 6. The Morgan fingerprint density at radius 3 is 2.65 bits per heavy atom. The highest BCUT2D eigenvalue weighted by molar-refractivity contribution is 7.18. The van der Waals surface area contributed by atoms with Crippen LogP contribution in [0.2, 0.25) is 0 Å². The third kappa shape index (κ3) is 3.02. The third-order valence-corrected chi connectivity index (χ3v) is 4.72. The molecule has 0 radical (unpaired) electrons. The normalized spacial score (nSPS) is 12.3. The lowest BCUT2D eigenvalue weighted by atomic mass is 10.1. The summed E-state index contributed by atoms with van der Waals surface area (Å²) in [6, 6.07) is 2.09. The van der Waals surface area contributed by atoms with Gasteiger partial charge in [0.2, 0.25) is 11.8 Å². The topological polar surface area (TPSA) is 64.3 Å². The number of aromatic nitrogens is 2. The number of aryl methyl sites for hydroxylation is 1. The van der Waals surface area contributed by atoms with Crippen LogP contribution < -0.4 is 10.5 Å². The fraction of sp³-hybridized carbons (Fsp3) is 0.571. The predicted molar refractivity (Wildman–Crippen MR) is 84.5 cm³/mol. The van der Waals surface area contributed by atoms with Crippen LogP contribution in [0.1, 0.15) is 25.6 Å². The number of anilines is 1. The smallest absolute Gasteiger partial charge is 0.227 e. The van der Waals surface area contributed by atoms with Gasteiger partial charge in [0, 0.05) is 10.4 Å². The minimum Gasteiger partial charge on any atom is -0.475 e. The summed E-state index contributed by atoms with van der Waals surface area (Å²) in [5, 5.41) is 0.954. The van der Waals surface area contributed by atoms with Crippen molar-refractivity contribution in [2.75, 3.05) is 26.4 Å². The number of ether oxygens (including phenoxy) is 1. The monoisotopic (exact) mass is 294 g/mol. The molecule has 2 aromatic rings. The van der Waals surface area contributed by atoms with E-state index < -0.39 is 0 Å². The first kappa shape index (κ1) is 15.0. The van der Waals surface area contributed by atoms with Gasteiger partial charge >= 0.3 is 0 Å². The van der Waals surface area contributed by atoms with Gasteiger partial charge in [-0.25, -0.2) is 4.98 Å². The van der Waals surface area contributed by atoms with Gasteiger partial charge in [0.15, 0.2) is 0 Å². The Bertz CT molecular complexity index is 606. The van der Waals surface area contributed by atoms with Crippen LogP contribution in [0.5, 0.6) is 5.88 Å². The average Bonchev–Trinajstić information content (AvgIpc) is 2.78. The fourth-order valence-electron chi connectivity index (χ4n) is 1.62. The average molecular weight is 294 g/mol. The Hall–Kier alpha value is -1.40. The van der Waals surface area contributed by atoms with Crippen molar-refractivity contribution in [3.8, 4) is 5.88 Å². The van der Waals surface area contributed by atoms with Crippen molar-refractivity contribution < 1.29 is 4.74 Å². The minimum atomic E-state index is -0.0738. The van der Waals surface area contributed by atoms with Crippen molar-refractivity contribution in [1.29, 1.82) is 0 Å². The third-order valence-electron chi connectivity index (χ3n) is 3.55. The van der Waals surface area contributed by atoms with Crippen molar-refractivity contribution in [2.24, 2.45) is 0 Å². The molecular weight excluding hydrogens is 272 g/mol. The molecule has 0 aliphatic rings. The molecule has 0 spiro atoms. The quantitative estimate of drug-likeness (QED) is 0.918. The van der Waals surface area contributed by atoms with Gasteiger partial charge in [-0.2, -0.15) is 4.98 Å². The molecule has 0 saturated carbocycles. The van der Waals surface area contributed by atoms with Gasteiger partial charge in [-0.1, -0.05) is 6.92 Å². The first-order valence-electron chi connectivity index (χ1n) is 6.69. The van der Waals surface area contributed by atoms with E-state index in [-0.39, 0.29) is 11.5 Å². The Morgan fingerprint density at radius 1 is 1.35 bits per heavy atom. The summed E-state index contributed by atoms with van der Waals surface area (Å²) in [6.07, 6.45) is 0.976. The minimum absolute atomic E-state index is 0.0738. The maximum Gasteiger partial charge on any atom is 0.227 e. The molecule has 20 heavy (non-hydrogen) atoms. The number of nitrogens with two attached hydrogens (primary N) is 1. The highest BCUT2D eigenvalue weighted by Gasteiger charge is 2.22. The van der Waals surface area contributed by atoms with Crippen molar-refractivity contribution in [3.05, 3.63) is 10.9 Å². The molecule has 2 rings (SSSR count). The lowest BCUT2D eigenvalue weighted by molar-refractivity contribution is 0.112. The van der Waals surface area contributed by atoms with E-state index in [0.29, 0.717) is 12.5 Å². The maximum atomic E-state index is 5.92. The molecule has 2 N–H and O–H groups in total. The summed E-state index contributed by atoms with van der Waals surface area (Å²) in [5.41, 5.74) is 5.69. The number of likely N-dealkylation sites (N-methyl/N-ethyl adjacent to an activating group) is 1. The standard InChI is InChI=1S/C14H22N4OS/c1-6-9-7-10-11(16-13(15)17-12(10)20-9)19-8-14(2,3)18(4)5/h7H,6,8H2,1-5H3,(H2,15,16,17). The van der Waals surface area contributed by atoms with Crippen LogP contribution in [0.25, 0.3) is 10.2 Å². The molecule has 2 aromatic heterocycles. The van der Waals surface area contributed by atoms with E-state index >= 15 is 0 Å². The maximum absolute atomic E-state index is 5.92. The number of hydrogen-bond donors (Lipinski definition) is 1. The van der Waals surface area contributed by atoms with E-state index in [9.17, 15) is 0 Å². The molecule has 6 heteroatoms. The Kier molecular flexibility index (Phi) is 4.15. The molecule has 0 atom stereocenters. The summed E-state index contributed by atoms with van der Waals surface area (Å²) in [5.74, 6) is 0.845. The predicted octanol–water partition coefficient (Wildman–Crippen LogP) is 2.55. The van der Waals surface area contributed by atoms with Gasteiger partial charge in [0.1, 0.15) is 11.4 Å². The zero-order valence-electron chi connectivity index (χ0n) is 12.7. The lowest BCUT2D eigenvalue weighted by Crippen LogP contribution is -2.43. The van der Waals surface area contributed by atoms with Crippen LogP contribution >= 0.6 is 11.3 Å². The molecule has 0 aliphatic heterocycles. The number of nitrogens with zero attached hydrogens (tertiary/aromatic N) is 3. The highest BCUT2D eigenvalue weighted by Crippen LogP contribution is 2.31. The second-order valence-electron chi connectivity index (χ2n) is 5.67. The molecule has 0 saturated heterocycles. The van der Waals surface area contributed by atoms with E-state index in [0.717, 1.165) is 16.6 Å². The molecule has 0 fully saturated rings. The van der Waals surface area contributed by atoms with Crippen molar-refractivity contribution in [3.63, 3.8) is 0 Å². The van der Waals surface area contributed by atoms with E-state index in [2.05, 4.69) is 41.7 Å². The summed E-state index contributed by atoms with van der Waals surface area (Å²) in [6.45, 7) is 6.92. The van der Waals surface area contributed by atoms with Crippen LogP contribution in [0.4, 0.5) is 5.95 Å². The number of thiophene rings is 1. The van der Waals surface area contributed by atoms with Crippen LogP contribution in [0, 0.1) is 0 Å². The van der Waals surface area contributed by atoms with Crippen LogP contribution in [0.15, 0.2) is 6.07 Å². The SMILES string of the molecule is CCc1cc2c(OCC(C)(C)N(C)C)nc(N)nc2s1. The molecular formula is C14H22N4OS. The van der Waals surface area contributed by atoms with E-state index in [4.69, 9.17) is 10.5 Å². The molecule has 0 aliphatic carbocycles. The van der Waals surface area contributed by atoms with Crippen LogP contribution in [-0.4, -0.2) is 41.1 Å². The molecule has 2 heterocycles. The number of nitrogen functional groups attached to an aromatic ring is 1. The zero-order valence-corrected chi connectivity index (χ0v) is 13.5. The number of fused-ring (bicyclic) bond motifs is 1. The molecule has 0 aromatic carbocycles. The molecule has 0 bridgehead atoms. The van der Waals surface area contributed by atoms with Gasteiger partial charge in [0.25, 0.3) is 0 Å². The van der Waals surface area contributed by atoms with Gasteiger partial charge in [-0.15, -0.1) is 11.3 Å². The first-order valence-corrected chi connectivity index (χ1v) is 7.51.